The molecule has 2 unspecified atom stereocenters. The Balaban J connectivity index is 2.26. The van der Waals surface area contributed by atoms with Gasteiger partial charge in [-0.15, -0.1) is 0 Å². The smallest absolute Gasteiger partial charge is 0.180 e. The predicted octanol–water partition coefficient (Wildman–Crippen LogP) is 4.98. The van der Waals surface area contributed by atoms with E-state index in [1.54, 1.807) is 0 Å². The number of nitrogens with zero attached hydrogens (tertiary/aromatic N) is 1. The van der Waals surface area contributed by atoms with Crippen LogP contribution in [0, 0.1) is 5.41 Å². The van der Waals surface area contributed by atoms with Gasteiger partial charge in [-0.25, -0.2) is 4.99 Å². The summed E-state index contributed by atoms with van der Waals surface area (Å²) < 4.78 is 13.4. The molecule has 1 aliphatic rings. The standard InChI is InChI=1S/C19H30BrNO2Si/c1-14-21-19(13-22-14,17(18(2,3)4)23-24(5)6)12-11-15-7-9-16(20)10-8-15/h7-10,17,24H,11-13H2,1-6H3. The summed E-state index contributed by atoms with van der Waals surface area (Å²) in [5.74, 6) is 0.786. The van der Waals surface area contributed by atoms with Crippen molar-refractivity contribution in [3.63, 3.8) is 0 Å². The average molecular weight is 412 g/mol. The molecular weight excluding hydrogens is 382 g/mol. The highest BCUT2D eigenvalue weighted by molar-refractivity contribution is 9.10. The molecule has 134 valence electrons. The van der Waals surface area contributed by atoms with Crippen LogP contribution in [0.2, 0.25) is 13.1 Å². The molecule has 0 fully saturated rings. The molecule has 5 heteroatoms. The molecule has 0 N–H and O–H groups in total. The van der Waals surface area contributed by atoms with Gasteiger partial charge in [0.05, 0.1) is 6.10 Å². The second-order valence-electron chi connectivity index (χ2n) is 8.08. The summed E-state index contributed by atoms with van der Waals surface area (Å²) in [6, 6.07) is 8.55. The lowest BCUT2D eigenvalue weighted by molar-refractivity contribution is 0.00181. The second-order valence-corrected chi connectivity index (χ2v) is 11.4. The van der Waals surface area contributed by atoms with Gasteiger partial charge >= 0.3 is 0 Å². The number of aliphatic imine (C=N–C) groups is 1. The Kier molecular flexibility index (Phi) is 6.32. The van der Waals surface area contributed by atoms with E-state index in [0.717, 1.165) is 23.2 Å². The predicted molar refractivity (Wildman–Crippen MR) is 107 cm³/mol. The monoisotopic (exact) mass is 411 g/mol. The molecule has 1 aliphatic heterocycles. The summed E-state index contributed by atoms with van der Waals surface area (Å²) in [5.41, 5.74) is 1.06. The Morgan fingerprint density at radius 2 is 1.92 bits per heavy atom. The lowest BCUT2D eigenvalue weighted by atomic mass is 9.74. The highest BCUT2D eigenvalue weighted by Crippen LogP contribution is 2.40. The third-order valence-corrected chi connectivity index (χ3v) is 5.70. The normalized spacial score (nSPS) is 22.4. The van der Waals surface area contributed by atoms with Gasteiger partial charge in [0.1, 0.15) is 12.1 Å². The number of halogens is 1. The van der Waals surface area contributed by atoms with E-state index >= 15 is 0 Å². The van der Waals surface area contributed by atoms with Crippen molar-refractivity contribution >= 4 is 30.9 Å². The number of benzene rings is 1. The Hall–Kier alpha value is -0.653. The molecular formula is C19H30BrNO2Si. The van der Waals surface area contributed by atoms with Crippen LogP contribution in [0.25, 0.3) is 0 Å². The molecule has 0 radical (unpaired) electrons. The number of aryl methyl sites for hydroxylation is 1. The van der Waals surface area contributed by atoms with Gasteiger partial charge in [0.15, 0.2) is 14.9 Å². The van der Waals surface area contributed by atoms with Gasteiger partial charge in [0.25, 0.3) is 0 Å². The van der Waals surface area contributed by atoms with Gasteiger partial charge in [0, 0.05) is 11.4 Å². The SMILES string of the molecule is CC1=NC(CCc2ccc(Br)cc2)(C(O[SiH](C)C)C(C)(C)C)CO1. The van der Waals surface area contributed by atoms with Crippen molar-refractivity contribution in [2.24, 2.45) is 10.4 Å². The molecule has 0 bridgehead atoms. The Labute approximate surface area is 156 Å². The molecule has 2 atom stereocenters. The maximum Gasteiger partial charge on any atom is 0.180 e. The highest BCUT2D eigenvalue weighted by Gasteiger charge is 2.49. The maximum atomic E-state index is 6.50. The molecule has 1 aromatic carbocycles. The summed E-state index contributed by atoms with van der Waals surface area (Å²) in [7, 11) is -1.18. The molecule has 3 nitrogen and oxygen atoms in total. The first-order chi connectivity index (χ1) is 11.1. The lowest BCUT2D eigenvalue weighted by Crippen LogP contribution is -2.52. The van der Waals surface area contributed by atoms with Crippen LogP contribution in [0.1, 0.15) is 39.7 Å². The number of rotatable bonds is 6. The summed E-state index contributed by atoms with van der Waals surface area (Å²) >= 11 is 3.50. The average Bonchev–Trinajstić information content (AvgIpc) is 2.85. The van der Waals surface area contributed by atoms with Gasteiger partial charge in [-0.2, -0.15) is 0 Å². The molecule has 0 aromatic heterocycles. The molecule has 0 amide bonds. The van der Waals surface area contributed by atoms with E-state index < -0.39 is 9.04 Å². The zero-order valence-electron chi connectivity index (χ0n) is 15.7. The molecule has 2 rings (SSSR count). The van der Waals surface area contributed by atoms with Crippen molar-refractivity contribution in [2.45, 2.75) is 65.3 Å². The fraction of sp³-hybridized carbons (Fsp3) is 0.632. The van der Waals surface area contributed by atoms with Crippen LogP contribution in [0.15, 0.2) is 33.7 Å². The molecule has 1 heterocycles. The van der Waals surface area contributed by atoms with Crippen LogP contribution in [0.3, 0.4) is 0 Å². The van der Waals surface area contributed by atoms with Gasteiger partial charge in [-0.1, -0.05) is 48.8 Å². The largest absolute Gasteiger partial charge is 0.479 e. The molecule has 0 saturated heterocycles. The van der Waals surface area contributed by atoms with Gasteiger partial charge < -0.3 is 9.16 Å². The Morgan fingerprint density at radius 1 is 1.29 bits per heavy atom. The van der Waals surface area contributed by atoms with Crippen LogP contribution >= 0.6 is 15.9 Å². The minimum absolute atomic E-state index is 0.0223. The molecule has 1 aromatic rings. The fourth-order valence-electron chi connectivity index (χ4n) is 3.42. The van der Waals surface area contributed by atoms with E-state index in [9.17, 15) is 0 Å². The lowest BCUT2D eigenvalue weighted by Gasteiger charge is -2.43. The van der Waals surface area contributed by atoms with Gasteiger partial charge in [-0.05, 0) is 49.0 Å². The van der Waals surface area contributed by atoms with Gasteiger partial charge in [0.2, 0.25) is 0 Å². The van der Waals surface area contributed by atoms with E-state index in [-0.39, 0.29) is 17.1 Å². The maximum absolute atomic E-state index is 6.50. The van der Waals surface area contributed by atoms with Crippen molar-refractivity contribution in [1.82, 2.24) is 0 Å². The minimum atomic E-state index is -1.18. The Bertz CT molecular complexity index is 580. The number of ether oxygens (including phenoxy) is 1. The van der Waals surface area contributed by atoms with Gasteiger partial charge in [-0.3, -0.25) is 0 Å². The van der Waals surface area contributed by atoms with E-state index in [1.165, 1.54) is 5.56 Å². The quantitative estimate of drug-likeness (QED) is 0.617. The zero-order valence-corrected chi connectivity index (χ0v) is 18.5. The van der Waals surface area contributed by atoms with E-state index in [1.807, 2.05) is 6.92 Å². The molecule has 0 aliphatic carbocycles. The van der Waals surface area contributed by atoms with E-state index in [4.69, 9.17) is 14.2 Å². The summed E-state index contributed by atoms with van der Waals surface area (Å²) in [5, 5.41) is 0. The topological polar surface area (TPSA) is 30.8 Å². The molecule has 0 saturated carbocycles. The van der Waals surface area contributed by atoms with Crippen LogP contribution in [-0.2, 0) is 15.6 Å². The van der Waals surface area contributed by atoms with Crippen molar-refractivity contribution in [3.05, 3.63) is 34.3 Å². The van der Waals surface area contributed by atoms with Crippen LogP contribution in [0.5, 0.6) is 0 Å². The van der Waals surface area contributed by atoms with Crippen LogP contribution < -0.4 is 0 Å². The Morgan fingerprint density at radius 3 is 2.38 bits per heavy atom. The molecule has 0 spiro atoms. The zero-order chi connectivity index (χ0) is 18.0. The second kappa shape index (κ2) is 7.71. The summed E-state index contributed by atoms with van der Waals surface area (Å²) in [6.07, 6.45) is 1.99. The van der Waals surface area contributed by atoms with Crippen LogP contribution in [0.4, 0.5) is 0 Å². The minimum Gasteiger partial charge on any atom is -0.479 e. The van der Waals surface area contributed by atoms with Crippen molar-refractivity contribution < 1.29 is 9.16 Å². The number of hydrogen-bond acceptors (Lipinski definition) is 3. The van der Waals surface area contributed by atoms with Crippen molar-refractivity contribution in [1.29, 1.82) is 0 Å². The first-order valence-electron chi connectivity index (χ1n) is 8.71. The first kappa shape index (κ1) is 19.7. The highest BCUT2D eigenvalue weighted by atomic mass is 79.9. The first-order valence-corrected chi connectivity index (χ1v) is 12.3. The molecule has 24 heavy (non-hydrogen) atoms. The fourth-order valence-corrected chi connectivity index (χ4v) is 4.89. The van der Waals surface area contributed by atoms with E-state index in [2.05, 4.69) is 74.1 Å². The third-order valence-electron chi connectivity index (χ3n) is 4.35. The van der Waals surface area contributed by atoms with Crippen molar-refractivity contribution in [2.75, 3.05) is 6.61 Å². The summed E-state index contributed by atoms with van der Waals surface area (Å²) in [4.78, 5) is 4.95. The van der Waals surface area contributed by atoms with Crippen molar-refractivity contribution in [3.8, 4) is 0 Å². The third kappa shape index (κ3) is 4.93. The number of hydrogen-bond donors (Lipinski definition) is 0. The van der Waals surface area contributed by atoms with E-state index in [0.29, 0.717) is 6.61 Å². The summed E-state index contributed by atoms with van der Waals surface area (Å²) in [6.45, 7) is 13.8. The van der Waals surface area contributed by atoms with Crippen LogP contribution in [-0.4, -0.2) is 33.2 Å².